The lowest BCUT2D eigenvalue weighted by Gasteiger charge is -2.04. The number of anilines is 1. The van der Waals surface area contributed by atoms with E-state index in [0.717, 1.165) is 12.8 Å². The van der Waals surface area contributed by atoms with Crippen LogP contribution in [0, 0.1) is 16.0 Å². The number of nitro groups is 1. The summed E-state index contributed by atoms with van der Waals surface area (Å²) in [5.74, 6) is 0.0618. The zero-order valence-electron chi connectivity index (χ0n) is 8.85. The summed E-state index contributed by atoms with van der Waals surface area (Å²) in [6.07, 6.45) is 2.46. The van der Waals surface area contributed by atoms with E-state index >= 15 is 0 Å². The molecule has 1 aromatic rings. The molecule has 7 heteroatoms. The van der Waals surface area contributed by atoms with E-state index in [4.69, 9.17) is 11.6 Å². The molecule has 1 heterocycles. The minimum absolute atomic E-state index is 0.0897. The molecule has 6 nitrogen and oxygen atoms in total. The van der Waals surface area contributed by atoms with Crippen LogP contribution in [0.2, 0.25) is 5.15 Å². The number of nitrogens with one attached hydrogen (secondary N) is 1. The first-order chi connectivity index (χ1) is 8.06. The normalized spacial score (nSPS) is 14.4. The van der Waals surface area contributed by atoms with Gasteiger partial charge in [-0.2, -0.15) is 0 Å². The molecule has 17 heavy (non-hydrogen) atoms. The highest BCUT2D eigenvalue weighted by atomic mass is 35.5. The van der Waals surface area contributed by atoms with E-state index in [9.17, 15) is 14.9 Å². The van der Waals surface area contributed by atoms with Crippen molar-refractivity contribution in [3.63, 3.8) is 0 Å². The molecule has 0 unspecified atom stereocenters. The van der Waals surface area contributed by atoms with Crippen molar-refractivity contribution in [2.75, 3.05) is 5.32 Å². The van der Waals surface area contributed by atoms with Gasteiger partial charge in [-0.3, -0.25) is 14.9 Å². The van der Waals surface area contributed by atoms with E-state index in [1.807, 2.05) is 0 Å². The first-order valence-electron chi connectivity index (χ1n) is 5.17. The number of aromatic nitrogens is 1. The molecule has 1 N–H and O–H groups in total. The first-order valence-corrected chi connectivity index (χ1v) is 5.55. The van der Waals surface area contributed by atoms with Crippen LogP contribution in [-0.4, -0.2) is 15.8 Å². The van der Waals surface area contributed by atoms with Gasteiger partial charge in [-0.05, 0) is 24.8 Å². The Labute approximate surface area is 102 Å². The minimum atomic E-state index is -0.601. The van der Waals surface area contributed by atoms with Crippen LogP contribution in [0.1, 0.15) is 19.3 Å². The number of hydrogen-bond donors (Lipinski definition) is 1. The maximum Gasteiger partial charge on any atom is 0.311 e. The summed E-state index contributed by atoms with van der Waals surface area (Å²) in [6, 6.07) is 2.54. The van der Waals surface area contributed by atoms with E-state index in [-0.39, 0.29) is 22.6 Å². The predicted molar refractivity (Wildman–Crippen MR) is 61.9 cm³/mol. The van der Waals surface area contributed by atoms with Crippen molar-refractivity contribution in [1.29, 1.82) is 0 Å². The third kappa shape index (κ3) is 3.13. The molecule has 2 rings (SSSR count). The molecule has 1 amide bonds. The van der Waals surface area contributed by atoms with Crippen molar-refractivity contribution in [2.45, 2.75) is 19.3 Å². The zero-order valence-corrected chi connectivity index (χ0v) is 9.61. The summed E-state index contributed by atoms with van der Waals surface area (Å²) < 4.78 is 0. The Balaban J connectivity index is 2.14. The molecule has 1 aromatic heterocycles. The molecule has 0 saturated heterocycles. The minimum Gasteiger partial charge on any atom is -0.305 e. The highest BCUT2D eigenvalue weighted by Crippen LogP contribution is 2.33. The molecule has 0 aromatic carbocycles. The maximum atomic E-state index is 11.5. The van der Waals surface area contributed by atoms with Crippen molar-refractivity contribution >= 4 is 29.0 Å². The molecule has 0 bridgehead atoms. The van der Waals surface area contributed by atoms with Crippen LogP contribution in [0.3, 0.4) is 0 Å². The fourth-order valence-corrected chi connectivity index (χ4v) is 1.58. The highest BCUT2D eigenvalue weighted by Gasteiger charge is 2.26. The van der Waals surface area contributed by atoms with E-state index < -0.39 is 4.92 Å². The Morgan fingerprint density at radius 1 is 1.59 bits per heavy atom. The van der Waals surface area contributed by atoms with Crippen molar-refractivity contribution < 1.29 is 9.72 Å². The van der Waals surface area contributed by atoms with E-state index in [1.165, 1.54) is 12.1 Å². The fraction of sp³-hybridized carbons (Fsp3) is 0.400. The lowest BCUT2D eigenvalue weighted by Crippen LogP contribution is -2.14. The van der Waals surface area contributed by atoms with E-state index in [1.54, 1.807) is 0 Å². The Bertz CT molecular complexity index is 474. The predicted octanol–water partition coefficient (Wildman–Crippen LogP) is 2.38. The number of rotatable bonds is 4. The number of pyridine rings is 1. The van der Waals surface area contributed by atoms with Crippen molar-refractivity contribution in [3.05, 3.63) is 27.4 Å². The molecule has 0 radical (unpaired) electrons. The number of amides is 1. The van der Waals surface area contributed by atoms with Crippen molar-refractivity contribution in [3.8, 4) is 0 Å². The average molecular weight is 256 g/mol. The molecule has 1 fully saturated rings. The molecule has 1 saturated carbocycles. The molecule has 1 aliphatic rings. The van der Waals surface area contributed by atoms with Gasteiger partial charge in [0.05, 0.1) is 4.92 Å². The third-order valence-corrected chi connectivity index (χ3v) is 2.68. The van der Waals surface area contributed by atoms with Gasteiger partial charge in [0.2, 0.25) is 11.7 Å². The summed E-state index contributed by atoms with van der Waals surface area (Å²) in [7, 11) is 0. The van der Waals surface area contributed by atoms with Crippen LogP contribution in [-0.2, 0) is 4.79 Å². The zero-order chi connectivity index (χ0) is 12.4. The van der Waals surface area contributed by atoms with Crippen LogP contribution < -0.4 is 5.32 Å². The quantitative estimate of drug-likeness (QED) is 0.508. The molecule has 0 aliphatic heterocycles. The van der Waals surface area contributed by atoms with Crippen LogP contribution in [0.5, 0.6) is 0 Å². The first kappa shape index (κ1) is 11.8. The lowest BCUT2D eigenvalue weighted by molar-refractivity contribution is -0.384. The standard InChI is InChI=1S/C10H10ClN3O3/c11-8-4-3-7(14(16)17)10(12-8)13-9(15)5-6-1-2-6/h3-4,6H,1-2,5H2,(H,12,13,15). The van der Waals surface area contributed by atoms with E-state index in [0.29, 0.717) is 12.3 Å². The van der Waals surface area contributed by atoms with Gasteiger partial charge < -0.3 is 5.32 Å². The van der Waals surface area contributed by atoms with Crippen LogP contribution in [0.25, 0.3) is 0 Å². The molecular formula is C10H10ClN3O3. The van der Waals surface area contributed by atoms with Crippen molar-refractivity contribution in [1.82, 2.24) is 4.98 Å². The monoisotopic (exact) mass is 255 g/mol. The van der Waals surface area contributed by atoms with Crippen LogP contribution in [0.15, 0.2) is 12.1 Å². The molecule has 0 atom stereocenters. The van der Waals surface area contributed by atoms with Crippen molar-refractivity contribution in [2.24, 2.45) is 5.92 Å². The fourth-order valence-electron chi connectivity index (χ4n) is 1.43. The second-order valence-electron chi connectivity index (χ2n) is 3.95. The summed E-state index contributed by atoms with van der Waals surface area (Å²) in [6.45, 7) is 0. The van der Waals surface area contributed by atoms with Gasteiger partial charge in [0, 0.05) is 12.5 Å². The maximum absolute atomic E-state index is 11.5. The number of carbonyl (C=O) groups excluding carboxylic acids is 1. The molecule has 1 aliphatic carbocycles. The summed E-state index contributed by atoms with van der Waals surface area (Å²) in [5, 5.41) is 13.3. The Morgan fingerprint density at radius 3 is 2.88 bits per heavy atom. The SMILES string of the molecule is O=C(CC1CC1)Nc1nc(Cl)ccc1[N+](=O)[O-]. The number of halogens is 1. The van der Waals surface area contributed by atoms with Gasteiger partial charge in [0.15, 0.2) is 0 Å². The van der Waals surface area contributed by atoms with Gasteiger partial charge in [-0.1, -0.05) is 11.6 Å². The second-order valence-corrected chi connectivity index (χ2v) is 4.34. The number of carbonyl (C=O) groups is 1. The largest absolute Gasteiger partial charge is 0.311 e. The van der Waals surface area contributed by atoms with E-state index in [2.05, 4.69) is 10.3 Å². The van der Waals surface area contributed by atoms with Gasteiger partial charge in [-0.15, -0.1) is 0 Å². The van der Waals surface area contributed by atoms with Crippen LogP contribution >= 0.6 is 11.6 Å². The Morgan fingerprint density at radius 2 is 2.29 bits per heavy atom. The molecule has 0 spiro atoms. The second kappa shape index (κ2) is 4.67. The van der Waals surface area contributed by atoms with Gasteiger partial charge >= 0.3 is 5.69 Å². The summed E-state index contributed by atoms with van der Waals surface area (Å²) in [5.41, 5.74) is -0.251. The topological polar surface area (TPSA) is 85.1 Å². The average Bonchev–Trinajstić information content (AvgIpc) is 3.00. The third-order valence-electron chi connectivity index (χ3n) is 2.47. The highest BCUT2D eigenvalue weighted by molar-refractivity contribution is 6.29. The van der Waals surface area contributed by atoms with Gasteiger partial charge in [0.25, 0.3) is 0 Å². The smallest absolute Gasteiger partial charge is 0.305 e. The summed E-state index contributed by atoms with van der Waals surface area (Å²) in [4.78, 5) is 25.4. The molecule has 90 valence electrons. The Kier molecular flexibility index (Phi) is 3.23. The number of hydrogen-bond acceptors (Lipinski definition) is 4. The molecular weight excluding hydrogens is 246 g/mol. The number of nitrogens with zero attached hydrogens (tertiary/aromatic N) is 2. The Hall–Kier alpha value is -1.69. The summed E-state index contributed by atoms with van der Waals surface area (Å²) >= 11 is 5.64. The van der Waals surface area contributed by atoms with Crippen LogP contribution in [0.4, 0.5) is 11.5 Å². The van der Waals surface area contributed by atoms with Gasteiger partial charge in [-0.25, -0.2) is 4.98 Å². The lowest BCUT2D eigenvalue weighted by atomic mass is 10.3. The van der Waals surface area contributed by atoms with Gasteiger partial charge in [0.1, 0.15) is 5.15 Å².